The maximum absolute atomic E-state index is 11.6. The van der Waals surface area contributed by atoms with Crippen molar-refractivity contribution in [3.63, 3.8) is 0 Å². The van der Waals surface area contributed by atoms with Gasteiger partial charge in [-0.2, -0.15) is 0 Å². The first-order chi connectivity index (χ1) is 8.25. The minimum absolute atomic E-state index is 0.0313. The Morgan fingerprint density at radius 3 is 2.82 bits per heavy atom. The van der Waals surface area contributed by atoms with E-state index >= 15 is 0 Å². The van der Waals surface area contributed by atoms with E-state index in [2.05, 4.69) is 10.3 Å². The van der Waals surface area contributed by atoms with Crippen molar-refractivity contribution in [2.24, 2.45) is 0 Å². The normalized spacial score (nSPS) is 12.1. The van der Waals surface area contributed by atoms with Crippen LogP contribution in [0.3, 0.4) is 0 Å². The Labute approximate surface area is 103 Å². The number of nitrogens with zero attached hydrogens (tertiary/aromatic N) is 1. The maximum Gasteiger partial charge on any atom is 0.229 e. The molecule has 88 valence electrons. The van der Waals surface area contributed by atoms with Crippen molar-refractivity contribution in [1.82, 2.24) is 4.98 Å². The van der Waals surface area contributed by atoms with Crippen molar-refractivity contribution >= 4 is 22.4 Å². The number of carbonyl (C=O) groups is 1. The van der Waals surface area contributed by atoms with Crippen LogP contribution in [0.15, 0.2) is 41.9 Å². The molecule has 0 saturated carbocycles. The van der Waals surface area contributed by atoms with E-state index in [-0.39, 0.29) is 12.3 Å². The molecule has 0 radical (unpaired) electrons. The first-order valence-corrected chi connectivity index (χ1v) is 6.06. The summed E-state index contributed by atoms with van der Waals surface area (Å²) in [6.45, 7) is 0. The first-order valence-electron chi connectivity index (χ1n) is 5.18. The third-order valence-electron chi connectivity index (χ3n) is 2.24. The van der Waals surface area contributed by atoms with Crippen molar-refractivity contribution in [3.05, 3.63) is 47.5 Å². The Kier molecular flexibility index (Phi) is 3.85. The summed E-state index contributed by atoms with van der Waals surface area (Å²) >= 11 is 1.35. The highest BCUT2D eigenvalue weighted by Gasteiger charge is 2.13. The summed E-state index contributed by atoms with van der Waals surface area (Å²) in [5.41, 5.74) is 0.738. The molecule has 2 aromatic rings. The summed E-state index contributed by atoms with van der Waals surface area (Å²) in [5, 5.41) is 14.8. The van der Waals surface area contributed by atoms with E-state index in [4.69, 9.17) is 0 Å². The number of rotatable bonds is 4. The molecule has 1 unspecified atom stereocenters. The molecule has 4 nitrogen and oxygen atoms in total. The zero-order valence-corrected chi connectivity index (χ0v) is 9.85. The molecule has 0 bridgehead atoms. The molecule has 0 aliphatic rings. The lowest BCUT2D eigenvalue weighted by atomic mass is 10.1. The molecule has 0 aliphatic carbocycles. The molecule has 1 atom stereocenters. The zero-order chi connectivity index (χ0) is 12.1. The standard InChI is InChI=1S/C12H12N2O2S/c15-10(9-4-2-1-3-5-9)8-11(16)14-12-13-6-7-17-12/h1-7,10,15H,8H2,(H,13,14,16). The molecule has 0 aliphatic heterocycles. The van der Waals surface area contributed by atoms with Gasteiger partial charge < -0.3 is 10.4 Å². The molecule has 0 saturated heterocycles. The van der Waals surface area contributed by atoms with Gasteiger partial charge in [-0.25, -0.2) is 4.98 Å². The van der Waals surface area contributed by atoms with Crippen LogP contribution >= 0.6 is 11.3 Å². The molecule has 1 heterocycles. The zero-order valence-electron chi connectivity index (χ0n) is 9.04. The van der Waals surface area contributed by atoms with Crippen LogP contribution in [0, 0.1) is 0 Å². The van der Waals surface area contributed by atoms with Crippen LogP contribution in [-0.2, 0) is 4.79 Å². The Morgan fingerprint density at radius 2 is 2.18 bits per heavy atom. The number of hydrogen-bond donors (Lipinski definition) is 2. The van der Waals surface area contributed by atoms with Gasteiger partial charge in [0.1, 0.15) is 0 Å². The number of anilines is 1. The van der Waals surface area contributed by atoms with Crippen molar-refractivity contribution in [2.45, 2.75) is 12.5 Å². The fourth-order valence-electron chi connectivity index (χ4n) is 1.42. The van der Waals surface area contributed by atoms with Gasteiger partial charge in [-0.1, -0.05) is 30.3 Å². The van der Waals surface area contributed by atoms with Gasteiger partial charge in [-0.05, 0) is 5.56 Å². The second kappa shape index (κ2) is 5.56. The van der Waals surface area contributed by atoms with E-state index in [1.807, 2.05) is 18.2 Å². The summed E-state index contributed by atoms with van der Waals surface area (Å²) in [6.07, 6.45) is 0.869. The fraction of sp³-hybridized carbons (Fsp3) is 0.167. The van der Waals surface area contributed by atoms with Crippen molar-refractivity contribution in [3.8, 4) is 0 Å². The fourth-order valence-corrected chi connectivity index (χ4v) is 1.97. The monoisotopic (exact) mass is 248 g/mol. The highest BCUT2D eigenvalue weighted by molar-refractivity contribution is 7.13. The number of thiazole rings is 1. The summed E-state index contributed by atoms with van der Waals surface area (Å²) in [5.74, 6) is -0.240. The lowest BCUT2D eigenvalue weighted by molar-refractivity contribution is -0.118. The number of amides is 1. The van der Waals surface area contributed by atoms with Gasteiger partial charge in [0.15, 0.2) is 5.13 Å². The number of aromatic nitrogens is 1. The summed E-state index contributed by atoms with van der Waals surface area (Å²) in [7, 11) is 0. The lowest BCUT2D eigenvalue weighted by Crippen LogP contribution is -2.15. The van der Waals surface area contributed by atoms with Gasteiger partial charge in [-0.3, -0.25) is 4.79 Å². The van der Waals surface area contributed by atoms with Gasteiger partial charge in [0, 0.05) is 11.6 Å². The Bertz CT molecular complexity index is 471. The van der Waals surface area contributed by atoms with Gasteiger partial charge in [0.05, 0.1) is 12.5 Å². The van der Waals surface area contributed by atoms with E-state index in [0.29, 0.717) is 5.13 Å². The van der Waals surface area contributed by atoms with Gasteiger partial charge >= 0.3 is 0 Å². The largest absolute Gasteiger partial charge is 0.388 e. The highest BCUT2D eigenvalue weighted by atomic mass is 32.1. The molecule has 1 aromatic heterocycles. The molecule has 2 N–H and O–H groups in total. The van der Waals surface area contributed by atoms with Crippen LogP contribution in [0.4, 0.5) is 5.13 Å². The molecular weight excluding hydrogens is 236 g/mol. The average Bonchev–Trinajstić information content (AvgIpc) is 2.82. The van der Waals surface area contributed by atoms with Gasteiger partial charge in [-0.15, -0.1) is 11.3 Å². The van der Waals surface area contributed by atoms with Crippen LogP contribution in [0.2, 0.25) is 0 Å². The van der Waals surface area contributed by atoms with Crippen LogP contribution in [0.25, 0.3) is 0 Å². The average molecular weight is 248 g/mol. The SMILES string of the molecule is O=C(CC(O)c1ccccc1)Nc1nccs1. The molecule has 1 aromatic carbocycles. The minimum Gasteiger partial charge on any atom is -0.388 e. The first kappa shape index (κ1) is 11.8. The van der Waals surface area contributed by atoms with Crippen LogP contribution in [-0.4, -0.2) is 16.0 Å². The van der Waals surface area contributed by atoms with Crippen molar-refractivity contribution in [1.29, 1.82) is 0 Å². The molecule has 17 heavy (non-hydrogen) atoms. The second-order valence-corrected chi connectivity index (χ2v) is 4.41. The lowest BCUT2D eigenvalue weighted by Gasteiger charge is -2.09. The molecular formula is C12H12N2O2S. The quantitative estimate of drug-likeness (QED) is 0.872. The van der Waals surface area contributed by atoms with Crippen molar-refractivity contribution in [2.75, 3.05) is 5.32 Å². The summed E-state index contributed by atoms with van der Waals surface area (Å²) in [4.78, 5) is 15.5. The van der Waals surface area contributed by atoms with Gasteiger partial charge in [0.25, 0.3) is 0 Å². The smallest absolute Gasteiger partial charge is 0.229 e. The number of nitrogens with one attached hydrogen (secondary N) is 1. The van der Waals surface area contributed by atoms with Crippen LogP contribution in [0.5, 0.6) is 0 Å². The van der Waals surface area contributed by atoms with E-state index in [1.165, 1.54) is 11.3 Å². The Hall–Kier alpha value is -1.72. The number of aliphatic hydroxyl groups excluding tert-OH is 1. The Balaban J connectivity index is 1.91. The molecule has 2 rings (SSSR count). The number of hydrogen-bond acceptors (Lipinski definition) is 4. The molecule has 0 fully saturated rings. The van der Waals surface area contributed by atoms with E-state index in [1.54, 1.807) is 23.7 Å². The number of benzene rings is 1. The van der Waals surface area contributed by atoms with Crippen LogP contribution < -0.4 is 5.32 Å². The van der Waals surface area contributed by atoms with Crippen molar-refractivity contribution < 1.29 is 9.90 Å². The summed E-state index contributed by atoms with van der Waals surface area (Å²) < 4.78 is 0. The highest BCUT2D eigenvalue weighted by Crippen LogP contribution is 2.17. The molecule has 0 spiro atoms. The second-order valence-electron chi connectivity index (χ2n) is 3.52. The topological polar surface area (TPSA) is 62.2 Å². The molecule has 5 heteroatoms. The van der Waals surface area contributed by atoms with E-state index < -0.39 is 6.10 Å². The number of aliphatic hydroxyl groups is 1. The number of carbonyl (C=O) groups excluding carboxylic acids is 1. The van der Waals surface area contributed by atoms with E-state index in [0.717, 1.165) is 5.56 Å². The summed E-state index contributed by atoms with van der Waals surface area (Å²) in [6, 6.07) is 9.11. The maximum atomic E-state index is 11.6. The molecule has 1 amide bonds. The minimum atomic E-state index is -0.781. The third kappa shape index (κ3) is 3.37. The van der Waals surface area contributed by atoms with Crippen LogP contribution in [0.1, 0.15) is 18.1 Å². The Morgan fingerprint density at radius 1 is 1.41 bits per heavy atom. The predicted octanol–water partition coefficient (Wildman–Crippen LogP) is 2.21. The van der Waals surface area contributed by atoms with Gasteiger partial charge in [0.2, 0.25) is 5.91 Å². The predicted molar refractivity (Wildman–Crippen MR) is 66.8 cm³/mol. The third-order valence-corrected chi connectivity index (χ3v) is 2.93. The van der Waals surface area contributed by atoms with E-state index in [9.17, 15) is 9.90 Å².